The van der Waals surface area contributed by atoms with Crippen molar-refractivity contribution in [2.75, 3.05) is 6.54 Å². The summed E-state index contributed by atoms with van der Waals surface area (Å²) in [6.45, 7) is 2.79. The molecule has 2 rings (SSSR count). The van der Waals surface area contributed by atoms with Crippen molar-refractivity contribution in [1.29, 1.82) is 0 Å². The summed E-state index contributed by atoms with van der Waals surface area (Å²) in [6, 6.07) is 0.223. The third-order valence-corrected chi connectivity index (χ3v) is 2.89. The molecule has 0 aliphatic carbocycles. The van der Waals surface area contributed by atoms with Crippen molar-refractivity contribution in [2.45, 2.75) is 38.6 Å². The standard InChI is InChI=1S/C11H17N3O/c1-8-7-13-10(14-11(8)15)9-5-3-2-4-6-12-9/h7,9,12H,2-6H2,1H3,(H,13,14,15). The van der Waals surface area contributed by atoms with Crippen LogP contribution in [0.5, 0.6) is 0 Å². The highest BCUT2D eigenvalue weighted by atomic mass is 16.1. The van der Waals surface area contributed by atoms with Gasteiger partial charge in [-0.3, -0.25) is 4.79 Å². The molecular weight excluding hydrogens is 190 g/mol. The van der Waals surface area contributed by atoms with Gasteiger partial charge < -0.3 is 10.3 Å². The van der Waals surface area contributed by atoms with Gasteiger partial charge in [0.2, 0.25) is 0 Å². The maximum absolute atomic E-state index is 11.4. The van der Waals surface area contributed by atoms with Crippen molar-refractivity contribution >= 4 is 0 Å². The van der Waals surface area contributed by atoms with Gasteiger partial charge >= 0.3 is 0 Å². The molecule has 1 aliphatic rings. The van der Waals surface area contributed by atoms with Crippen molar-refractivity contribution < 1.29 is 0 Å². The Hall–Kier alpha value is -1.16. The summed E-state index contributed by atoms with van der Waals surface area (Å²) in [6.07, 6.45) is 6.40. The Kier molecular flexibility index (Phi) is 3.16. The van der Waals surface area contributed by atoms with E-state index < -0.39 is 0 Å². The molecule has 1 aliphatic heterocycles. The van der Waals surface area contributed by atoms with Gasteiger partial charge in [0.1, 0.15) is 5.82 Å². The number of nitrogens with zero attached hydrogens (tertiary/aromatic N) is 1. The molecule has 2 N–H and O–H groups in total. The highest BCUT2D eigenvalue weighted by Gasteiger charge is 2.15. The number of aryl methyl sites for hydroxylation is 1. The van der Waals surface area contributed by atoms with Gasteiger partial charge in [-0.25, -0.2) is 4.98 Å². The van der Waals surface area contributed by atoms with Gasteiger partial charge in [0.15, 0.2) is 0 Å². The third kappa shape index (κ3) is 2.45. The van der Waals surface area contributed by atoms with Crippen LogP contribution in [0.3, 0.4) is 0 Å². The van der Waals surface area contributed by atoms with Crippen LogP contribution in [0, 0.1) is 6.92 Å². The first-order valence-corrected chi connectivity index (χ1v) is 5.56. The van der Waals surface area contributed by atoms with Crippen LogP contribution in [0.4, 0.5) is 0 Å². The van der Waals surface area contributed by atoms with E-state index >= 15 is 0 Å². The molecule has 15 heavy (non-hydrogen) atoms. The highest BCUT2D eigenvalue weighted by molar-refractivity contribution is 5.05. The molecule has 0 amide bonds. The Morgan fingerprint density at radius 3 is 3.07 bits per heavy atom. The normalized spacial score (nSPS) is 22.3. The summed E-state index contributed by atoms with van der Waals surface area (Å²) in [7, 11) is 0. The van der Waals surface area contributed by atoms with E-state index in [9.17, 15) is 4.79 Å². The van der Waals surface area contributed by atoms with Crippen molar-refractivity contribution in [2.24, 2.45) is 0 Å². The number of hydrogen-bond donors (Lipinski definition) is 2. The van der Waals surface area contributed by atoms with Crippen LogP contribution in [0.1, 0.15) is 43.1 Å². The molecule has 0 radical (unpaired) electrons. The molecule has 0 spiro atoms. The molecule has 1 aromatic rings. The minimum atomic E-state index is -0.0222. The maximum atomic E-state index is 11.4. The minimum absolute atomic E-state index is 0.0222. The van der Waals surface area contributed by atoms with E-state index in [0.29, 0.717) is 5.56 Å². The molecule has 1 aromatic heterocycles. The van der Waals surface area contributed by atoms with E-state index in [1.54, 1.807) is 13.1 Å². The minimum Gasteiger partial charge on any atom is -0.309 e. The first-order chi connectivity index (χ1) is 7.27. The lowest BCUT2D eigenvalue weighted by molar-refractivity contribution is 0.505. The predicted molar refractivity (Wildman–Crippen MR) is 58.8 cm³/mol. The molecule has 4 heteroatoms. The van der Waals surface area contributed by atoms with Gasteiger partial charge in [-0.1, -0.05) is 12.8 Å². The molecule has 1 saturated heterocycles. The summed E-state index contributed by atoms with van der Waals surface area (Å²) >= 11 is 0. The van der Waals surface area contributed by atoms with Crippen molar-refractivity contribution in [3.05, 3.63) is 27.9 Å². The highest BCUT2D eigenvalue weighted by Crippen LogP contribution is 2.18. The second kappa shape index (κ2) is 4.57. The van der Waals surface area contributed by atoms with Gasteiger partial charge in [-0.2, -0.15) is 0 Å². The Bertz CT molecular complexity index is 378. The zero-order chi connectivity index (χ0) is 10.7. The summed E-state index contributed by atoms with van der Waals surface area (Å²) in [5, 5.41) is 3.41. The first kappa shape index (κ1) is 10.4. The summed E-state index contributed by atoms with van der Waals surface area (Å²) in [4.78, 5) is 18.6. The molecule has 0 saturated carbocycles. The Labute approximate surface area is 89.1 Å². The molecule has 1 atom stereocenters. The maximum Gasteiger partial charge on any atom is 0.253 e. The quantitative estimate of drug-likeness (QED) is 0.729. The second-order valence-corrected chi connectivity index (χ2v) is 4.14. The van der Waals surface area contributed by atoms with Crippen LogP contribution >= 0.6 is 0 Å². The molecule has 0 aromatic carbocycles. The lowest BCUT2D eigenvalue weighted by Crippen LogP contribution is -2.25. The monoisotopic (exact) mass is 207 g/mol. The number of aromatic nitrogens is 2. The molecule has 82 valence electrons. The fourth-order valence-electron chi connectivity index (χ4n) is 1.91. The molecule has 0 bridgehead atoms. The Morgan fingerprint density at radius 2 is 2.27 bits per heavy atom. The van der Waals surface area contributed by atoms with E-state index in [-0.39, 0.29) is 11.6 Å². The molecule has 2 heterocycles. The summed E-state index contributed by atoms with van der Waals surface area (Å²) in [5.74, 6) is 0.785. The van der Waals surface area contributed by atoms with E-state index in [1.807, 2.05) is 0 Å². The fraction of sp³-hybridized carbons (Fsp3) is 0.636. The van der Waals surface area contributed by atoms with Crippen LogP contribution in [0.15, 0.2) is 11.0 Å². The number of nitrogens with one attached hydrogen (secondary N) is 2. The van der Waals surface area contributed by atoms with Crippen molar-refractivity contribution in [3.63, 3.8) is 0 Å². The summed E-state index contributed by atoms with van der Waals surface area (Å²) in [5.41, 5.74) is 0.651. The number of rotatable bonds is 1. The second-order valence-electron chi connectivity index (χ2n) is 4.14. The average Bonchev–Trinajstić information content (AvgIpc) is 2.50. The smallest absolute Gasteiger partial charge is 0.253 e. The van der Waals surface area contributed by atoms with Crippen LogP contribution in [0.2, 0.25) is 0 Å². The molecule has 1 fully saturated rings. The van der Waals surface area contributed by atoms with Crippen LogP contribution < -0.4 is 10.9 Å². The average molecular weight is 207 g/mol. The molecular formula is C11H17N3O. The van der Waals surface area contributed by atoms with Crippen LogP contribution in [-0.4, -0.2) is 16.5 Å². The van der Waals surface area contributed by atoms with E-state index in [4.69, 9.17) is 0 Å². The lowest BCUT2D eigenvalue weighted by atomic mass is 10.1. The zero-order valence-corrected chi connectivity index (χ0v) is 9.05. The van der Waals surface area contributed by atoms with Crippen molar-refractivity contribution in [1.82, 2.24) is 15.3 Å². The molecule has 4 nitrogen and oxygen atoms in total. The van der Waals surface area contributed by atoms with Gasteiger partial charge in [-0.15, -0.1) is 0 Å². The number of aromatic amines is 1. The topological polar surface area (TPSA) is 57.8 Å². The van der Waals surface area contributed by atoms with E-state index in [2.05, 4.69) is 15.3 Å². The Morgan fingerprint density at radius 1 is 1.40 bits per heavy atom. The lowest BCUT2D eigenvalue weighted by Gasteiger charge is -2.14. The number of H-pyrrole nitrogens is 1. The van der Waals surface area contributed by atoms with E-state index in [0.717, 1.165) is 18.8 Å². The zero-order valence-electron chi connectivity index (χ0n) is 9.05. The first-order valence-electron chi connectivity index (χ1n) is 5.56. The number of hydrogen-bond acceptors (Lipinski definition) is 3. The van der Waals surface area contributed by atoms with Crippen molar-refractivity contribution in [3.8, 4) is 0 Å². The van der Waals surface area contributed by atoms with Gasteiger partial charge in [0.05, 0.1) is 6.04 Å². The van der Waals surface area contributed by atoms with Crippen LogP contribution in [-0.2, 0) is 0 Å². The van der Waals surface area contributed by atoms with Crippen LogP contribution in [0.25, 0.3) is 0 Å². The van der Waals surface area contributed by atoms with E-state index in [1.165, 1.54) is 19.3 Å². The largest absolute Gasteiger partial charge is 0.309 e. The Balaban J connectivity index is 2.20. The van der Waals surface area contributed by atoms with Gasteiger partial charge in [0, 0.05) is 11.8 Å². The summed E-state index contributed by atoms with van der Waals surface area (Å²) < 4.78 is 0. The molecule has 1 unspecified atom stereocenters. The predicted octanol–water partition coefficient (Wildman–Crippen LogP) is 1.28. The fourth-order valence-corrected chi connectivity index (χ4v) is 1.91. The van der Waals surface area contributed by atoms with Gasteiger partial charge in [0.25, 0.3) is 5.56 Å². The SMILES string of the molecule is Cc1cnc(C2CCCCCN2)[nH]c1=O. The third-order valence-electron chi connectivity index (χ3n) is 2.89. The van der Waals surface area contributed by atoms with Gasteiger partial charge in [-0.05, 0) is 26.3 Å².